The first-order chi connectivity index (χ1) is 11.5. The van der Waals surface area contributed by atoms with Crippen molar-refractivity contribution in [2.75, 3.05) is 6.61 Å². The van der Waals surface area contributed by atoms with Gasteiger partial charge in [-0.2, -0.15) is 0 Å². The van der Waals surface area contributed by atoms with Crippen LogP contribution in [0.1, 0.15) is 38.7 Å². The van der Waals surface area contributed by atoms with Crippen molar-refractivity contribution in [2.45, 2.75) is 39.2 Å². The monoisotopic (exact) mass is 330 g/mol. The third-order valence-electron chi connectivity index (χ3n) is 4.72. The normalized spacial score (nSPS) is 23.8. The molecule has 2 rings (SSSR count). The van der Waals surface area contributed by atoms with Gasteiger partial charge in [0.15, 0.2) is 6.61 Å². The number of hydrogen-bond donors (Lipinski definition) is 2. The molecule has 0 aliphatic heterocycles. The fourth-order valence-corrected chi connectivity index (χ4v) is 3.02. The van der Waals surface area contributed by atoms with Crippen molar-refractivity contribution in [1.29, 1.82) is 0 Å². The number of carbonyl (C=O) groups is 2. The Morgan fingerprint density at radius 2 is 1.96 bits per heavy atom. The highest BCUT2D eigenvalue weighted by atomic mass is 16.5. The zero-order chi connectivity index (χ0) is 17.5. The van der Waals surface area contributed by atoms with Crippen molar-refractivity contribution in [1.82, 2.24) is 5.32 Å². The van der Waals surface area contributed by atoms with Crippen LogP contribution in [0, 0.1) is 11.8 Å². The summed E-state index contributed by atoms with van der Waals surface area (Å²) < 4.78 is 5.19. The molecule has 3 atom stereocenters. The predicted octanol–water partition coefficient (Wildman–Crippen LogP) is 2.50. The SMILES string of the molecule is CC1CCCC(NC(=O)C=Cc2ccc(OCC(N)=O)cc2)C1C. The first-order valence-corrected chi connectivity index (χ1v) is 8.45. The Morgan fingerprint density at radius 1 is 1.25 bits per heavy atom. The molecule has 1 aliphatic carbocycles. The summed E-state index contributed by atoms with van der Waals surface area (Å²) >= 11 is 0. The molecule has 1 saturated carbocycles. The van der Waals surface area contributed by atoms with E-state index in [4.69, 9.17) is 10.5 Å². The molecule has 0 aromatic heterocycles. The second-order valence-electron chi connectivity index (χ2n) is 6.54. The number of carbonyl (C=O) groups excluding carboxylic acids is 2. The van der Waals surface area contributed by atoms with Crippen LogP contribution >= 0.6 is 0 Å². The zero-order valence-electron chi connectivity index (χ0n) is 14.3. The largest absolute Gasteiger partial charge is 0.484 e. The molecular weight excluding hydrogens is 304 g/mol. The lowest BCUT2D eigenvalue weighted by Gasteiger charge is -2.34. The number of primary amides is 1. The molecule has 24 heavy (non-hydrogen) atoms. The minimum Gasteiger partial charge on any atom is -0.484 e. The minimum atomic E-state index is -0.512. The molecule has 1 aromatic carbocycles. The van der Waals surface area contributed by atoms with E-state index in [0.717, 1.165) is 12.0 Å². The van der Waals surface area contributed by atoms with Crippen LogP contribution in [0.15, 0.2) is 30.3 Å². The van der Waals surface area contributed by atoms with Gasteiger partial charge in [-0.15, -0.1) is 0 Å². The number of benzene rings is 1. The van der Waals surface area contributed by atoms with Gasteiger partial charge >= 0.3 is 0 Å². The molecule has 1 aliphatic rings. The van der Waals surface area contributed by atoms with Gasteiger partial charge in [0.1, 0.15) is 5.75 Å². The molecule has 5 nitrogen and oxygen atoms in total. The average Bonchev–Trinajstić information content (AvgIpc) is 2.56. The van der Waals surface area contributed by atoms with E-state index in [1.165, 1.54) is 12.8 Å². The van der Waals surface area contributed by atoms with E-state index in [9.17, 15) is 9.59 Å². The van der Waals surface area contributed by atoms with Crippen LogP contribution < -0.4 is 15.8 Å². The first kappa shape index (κ1) is 18.0. The summed E-state index contributed by atoms with van der Waals surface area (Å²) in [4.78, 5) is 22.8. The Hall–Kier alpha value is -2.30. The van der Waals surface area contributed by atoms with Crippen molar-refractivity contribution < 1.29 is 14.3 Å². The van der Waals surface area contributed by atoms with Gasteiger partial charge in [0, 0.05) is 12.1 Å². The molecule has 3 unspecified atom stereocenters. The molecule has 1 fully saturated rings. The third kappa shape index (κ3) is 5.41. The third-order valence-corrected chi connectivity index (χ3v) is 4.72. The van der Waals surface area contributed by atoms with Crippen LogP contribution in [0.3, 0.4) is 0 Å². The molecule has 2 amide bonds. The summed E-state index contributed by atoms with van der Waals surface area (Å²) in [6, 6.07) is 7.39. The topological polar surface area (TPSA) is 81.4 Å². The maximum Gasteiger partial charge on any atom is 0.255 e. The van der Waals surface area contributed by atoms with Gasteiger partial charge in [-0.1, -0.05) is 38.8 Å². The summed E-state index contributed by atoms with van der Waals surface area (Å²) in [6.45, 7) is 4.32. The quantitative estimate of drug-likeness (QED) is 0.786. The van der Waals surface area contributed by atoms with E-state index in [1.54, 1.807) is 24.3 Å². The molecule has 0 heterocycles. The summed E-state index contributed by atoms with van der Waals surface area (Å²) in [5.74, 6) is 1.16. The standard InChI is InChI=1S/C19H26N2O3/c1-13-4-3-5-17(14(13)2)21-19(23)11-8-15-6-9-16(10-7-15)24-12-18(20)22/h6-11,13-14,17H,3-5,12H2,1-2H3,(H2,20,22)(H,21,23). The van der Waals surface area contributed by atoms with Gasteiger partial charge < -0.3 is 15.8 Å². The average molecular weight is 330 g/mol. The molecule has 0 radical (unpaired) electrons. The summed E-state index contributed by atoms with van der Waals surface area (Å²) in [6.07, 6.45) is 6.80. The number of rotatable bonds is 6. The molecule has 3 N–H and O–H groups in total. The number of amides is 2. The Balaban J connectivity index is 1.85. The van der Waals surface area contributed by atoms with Gasteiger partial charge in [-0.05, 0) is 42.0 Å². The van der Waals surface area contributed by atoms with Gasteiger partial charge in [-0.3, -0.25) is 9.59 Å². The molecule has 0 bridgehead atoms. The van der Waals surface area contributed by atoms with E-state index in [-0.39, 0.29) is 18.6 Å². The summed E-state index contributed by atoms with van der Waals surface area (Å²) in [7, 11) is 0. The Labute approximate surface area is 143 Å². The maximum atomic E-state index is 12.1. The molecule has 5 heteroatoms. The molecule has 0 saturated heterocycles. The van der Waals surface area contributed by atoms with Gasteiger partial charge in [0.25, 0.3) is 5.91 Å². The first-order valence-electron chi connectivity index (χ1n) is 8.45. The van der Waals surface area contributed by atoms with Crippen molar-refractivity contribution >= 4 is 17.9 Å². The van der Waals surface area contributed by atoms with E-state index < -0.39 is 5.91 Å². The smallest absolute Gasteiger partial charge is 0.255 e. The van der Waals surface area contributed by atoms with E-state index >= 15 is 0 Å². The van der Waals surface area contributed by atoms with Crippen molar-refractivity contribution in [3.63, 3.8) is 0 Å². The van der Waals surface area contributed by atoms with Crippen molar-refractivity contribution in [3.8, 4) is 5.75 Å². The minimum absolute atomic E-state index is 0.0602. The highest BCUT2D eigenvalue weighted by Crippen LogP contribution is 2.29. The Morgan fingerprint density at radius 3 is 2.62 bits per heavy atom. The predicted molar refractivity (Wildman–Crippen MR) is 94.3 cm³/mol. The Bertz CT molecular complexity index is 595. The van der Waals surface area contributed by atoms with Crippen LogP contribution in [-0.4, -0.2) is 24.5 Å². The fourth-order valence-electron chi connectivity index (χ4n) is 3.02. The second kappa shape index (κ2) is 8.52. The highest BCUT2D eigenvalue weighted by Gasteiger charge is 2.27. The fraction of sp³-hybridized carbons (Fsp3) is 0.474. The summed E-state index contributed by atoms with van der Waals surface area (Å²) in [5.41, 5.74) is 5.92. The molecule has 1 aromatic rings. The Kier molecular flexibility index (Phi) is 6.41. The lowest BCUT2D eigenvalue weighted by Crippen LogP contribution is -2.43. The second-order valence-corrected chi connectivity index (χ2v) is 6.54. The number of nitrogens with two attached hydrogens (primary N) is 1. The summed E-state index contributed by atoms with van der Waals surface area (Å²) in [5, 5.41) is 3.11. The lowest BCUT2D eigenvalue weighted by atomic mass is 9.78. The van der Waals surface area contributed by atoms with Crippen LogP contribution in [0.2, 0.25) is 0 Å². The zero-order valence-corrected chi connectivity index (χ0v) is 14.3. The van der Waals surface area contributed by atoms with Gasteiger partial charge in [0.2, 0.25) is 5.91 Å². The van der Waals surface area contributed by atoms with Crippen molar-refractivity contribution in [3.05, 3.63) is 35.9 Å². The van der Waals surface area contributed by atoms with Crippen LogP contribution in [0.4, 0.5) is 0 Å². The number of hydrogen-bond acceptors (Lipinski definition) is 3. The molecule has 130 valence electrons. The van der Waals surface area contributed by atoms with Crippen molar-refractivity contribution in [2.24, 2.45) is 17.6 Å². The van der Waals surface area contributed by atoms with E-state index in [2.05, 4.69) is 19.2 Å². The number of nitrogens with one attached hydrogen (secondary N) is 1. The van der Waals surface area contributed by atoms with Crippen LogP contribution in [0.25, 0.3) is 6.08 Å². The van der Waals surface area contributed by atoms with Crippen LogP contribution in [0.5, 0.6) is 5.75 Å². The van der Waals surface area contributed by atoms with E-state index in [1.807, 2.05) is 12.1 Å². The van der Waals surface area contributed by atoms with Crippen LogP contribution in [-0.2, 0) is 9.59 Å². The molecular formula is C19H26N2O3. The molecule has 0 spiro atoms. The van der Waals surface area contributed by atoms with Gasteiger partial charge in [-0.25, -0.2) is 0 Å². The lowest BCUT2D eigenvalue weighted by molar-refractivity contribution is -0.120. The van der Waals surface area contributed by atoms with E-state index in [0.29, 0.717) is 17.6 Å². The van der Waals surface area contributed by atoms with Gasteiger partial charge in [0.05, 0.1) is 0 Å². The highest BCUT2D eigenvalue weighted by molar-refractivity contribution is 5.91. The number of ether oxygens (including phenoxy) is 1. The maximum absolute atomic E-state index is 12.1.